The molecule has 0 unspecified atom stereocenters. The highest BCUT2D eigenvalue weighted by atomic mass is 79.9. The van der Waals surface area contributed by atoms with Crippen LogP contribution >= 0.6 is 15.9 Å². The molecule has 0 atom stereocenters. The summed E-state index contributed by atoms with van der Waals surface area (Å²) in [6.07, 6.45) is 0. The second-order valence-corrected chi connectivity index (χ2v) is 5.60. The molecule has 0 spiro atoms. The minimum atomic E-state index is 0.0579. The molecule has 4 heteroatoms. The molecule has 1 aromatic heterocycles. The number of nitrogens with one attached hydrogen (secondary N) is 1. The SMILES string of the molecule is CC(C)NCc1cc2cccc(Br)c2n(C)c1=O. The van der Waals surface area contributed by atoms with E-state index in [4.69, 9.17) is 0 Å². The van der Waals surface area contributed by atoms with Gasteiger partial charge in [-0.3, -0.25) is 4.79 Å². The summed E-state index contributed by atoms with van der Waals surface area (Å²) in [4.78, 5) is 12.2. The molecule has 1 heterocycles. The molecule has 0 amide bonds. The summed E-state index contributed by atoms with van der Waals surface area (Å²) in [7, 11) is 1.81. The van der Waals surface area contributed by atoms with E-state index in [2.05, 4.69) is 35.1 Å². The molecule has 2 rings (SSSR count). The van der Waals surface area contributed by atoms with Crippen LogP contribution in [0.5, 0.6) is 0 Å². The fourth-order valence-electron chi connectivity index (χ4n) is 2.01. The fourth-order valence-corrected chi connectivity index (χ4v) is 2.66. The van der Waals surface area contributed by atoms with Crippen molar-refractivity contribution in [3.8, 4) is 0 Å². The Bertz CT molecular complexity index is 631. The average molecular weight is 309 g/mol. The molecule has 0 aliphatic heterocycles. The number of hydrogen-bond donors (Lipinski definition) is 1. The molecule has 0 saturated heterocycles. The van der Waals surface area contributed by atoms with E-state index in [1.165, 1.54) is 0 Å². The predicted molar refractivity (Wildman–Crippen MR) is 78.9 cm³/mol. The van der Waals surface area contributed by atoms with Gasteiger partial charge in [-0.05, 0) is 33.4 Å². The zero-order valence-electron chi connectivity index (χ0n) is 10.8. The third kappa shape index (κ3) is 2.49. The van der Waals surface area contributed by atoms with Crippen LogP contribution in [0.25, 0.3) is 10.9 Å². The van der Waals surface area contributed by atoms with E-state index < -0.39 is 0 Å². The van der Waals surface area contributed by atoms with Crippen LogP contribution in [0.15, 0.2) is 33.5 Å². The second kappa shape index (κ2) is 5.24. The van der Waals surface area contributed by atoms with Crippen LogP contribution in [0.2, 0.25) is 0 Å². The van der Waals surface area contributed by atoms with Crippen molar-refractivity contribution in [2.45, 2.75) is 26.4 Å². The van der Waals surface area contributed by atoms with Crippen molar-refractivity contribution in [1.82, 2.24) is 9.88 Å². The minimum Gasteiger partial charge on any atom is -0.310 e. The lowest BCUT2D eigenvalue weighted by atomic mass is 10.1. The monoisotopic (exact) mass is 308 g/mol. The molecule has 0 radical (unpaired) electrons. The summed E-state index contributed by atoms with van der Waals surface area (Å²) in [6.45, 7) is 4.75. The van der Waals surface area contributed by atoms with Gasteiger partial charge in [0.05, 0.1) is 5.52 Å². The lowest BCUT2D eigenvalue weighted by Gasteiger charge is -2.12. The predicted octanol–water partition coefficient (Wildman–Crippen LogP) is 2.80. The van der Waals surface area contributed by atoms with Crippen LogP contribution in [-0.2, 0) is 13.6 Å². The van der Waals surface area contributed by atoms with E-state index in [0.29, 0.717) is 12.6 Å². The number of rotatable bonds is 3. The maximum Gasteiger partial charge on any atom is 0.255 e. The molecule has 2 aromatic rings. The maximum atomic E-state index is 12.2. The number of halogens is 1. The van der Waals surface area contributed by atoms with Crippen LogP contribution < -0.4 is 10.9 Å². The fraction of sp³-hybridized carbons (Fsp3) is 0.357. The van der Waals surface area contributed by atoms with Gasteiger partial charge >= 0.3 is 0 Å². The Hall–Kier alpha value is -1.13. The van der Waals surface area contributed by atoms with Gasteiger partial charge in [0, 0.05) is 29.7 Å². The summed E-state index contributed by atoms with van der Waals surface area (Å²) < 4.78 is 2.65. The molecule has 18 heavy (non-hydrogen) atoms. The number of aryl methyl sites for hydroxylation is 1. The number of nitrogens with zero attached hydrogens (tertiary/aromatic N) is 1. The van der Waals surface area contributed by atoms with Crippen LogP contribution in [0.4, 0.5) is 0 Å². The Labute approximate surface area is 115 Å². The molecule has 0 saturated carbocycles. The molecule has 1 N–H and O–H groups in total. The number of para-hydroxylation sites is 1. The largest absolute Gasteiger partial charge is 0.310 e. The number of fused-ring (bicyclic) bond motifs is 1. The number of hydrogen-bond acceptors (Lipinski definition) is 2. The van der Waals surface area contributed by atoms with Crippen molar-refractivity contribution >= 4 is 26.8 Å². The number of aromatic nitrogens is 1. The van der Waals surface area contributed by atoms with Crippen molar-refractivity contribution in [3.05, 3.63) is 44.7 Å². The van der Waals surface area contributed by atoms with E-state index in [1.807, 2.05) is 31.3 Å². The minimum absolute atomic E-state index is 0.0579. The molecule has 0 aliphatic rings. The molecule has 0 aliphatic carbocycles. The highest BCUT2D eigenvalue weighted by Gasteiger charge is 2.09. The zero-order valence-corrected chi connectivity index (χ0v) is 12.4. The van der Waals surface area contributed by atoms with Gasteiger partial charge in [0.2, 0.25) is 0 Å². The smallest absolute Gasteiger partial charge is 0.255 e. The molecule has 0 bridgehead atoms. The Morgan fingerprint density at radius 3 is 2.78 bits per heavy atom. The van der Waals surface area contributed by atoms with Crippen molar-refractivity contribution in [2.75, 3.05) is 0 Å². The average Bonchev–Trinajstić information content (AvgIpc) is 2.31. The second-order valence-electron chi connectivity index (χ2n) is 4.75. The van der Waals surface area contributed by atoms with Crippen molar-refractivity contribution in [3.63, 3.8) is 0 Å². The summed E-state index contributed by atoms with van der Waals surface area (Å²) in [6, 6.07) is 8.30. The number of benzene rings is 1. The van der Waals surface area contributed by atoms with Gasteiger partial charge in [0.25, 0.3) is 5.56 Å². The summed E-state index contributed by atoms with van der Waals surface area (Å²) >= 11 is 3.49. The molecule has 0 fully saturated rings. The highest BCUT2D eigenvalue weighted by Crippen LogP contribution is 2.22. The van der Waals surface area contributed by atoms with Crippen molar-refractivity contribution < 1.29 is 0 Å². The zero-order chi connectivity index (χ0) is 13.3. The van der Waals surface area contributed by atoms with Gasteiger partial charge in [-0.15, -0.1) is 0 Å². The van der Waals surface area contributed by atoms with E-state index >= 15 is 0 Å². The Kier molecular flexibility index (Phi) is 3.88. The first-order valence-corrected chi connectivity index (χ1v) is 6.80. The van der Waals surface area contributed by atoms with Gasteiger partial charge in [0.15, 0.2) is 0 Å². The van der Waals surface area contributed by atoms with Crippen LogP contribution in [-0.4, -0.2) is 10.6 Å². The lowest BCUT2D eigenvalue weighted by molar-refractivity contribution is 0.584. The van der Waals surface area contributed by atoms with Crippen LogP contribution in [0.1, 0.15) is 19.4 Å². The topological polar surface area (TPSA) is 34.0 Å². The van der Waals surface area contributed by atoms with E-state index in [0.717, 1.165) is 20.9 Å². The van der Waals surface area contributed by atoms with Gasteiger partial charge in [-0.2, -0.15) is 0 Å². The van der Waals surface area contributed by atoms with Crippen LogP contribution in [0, 0.1) is 0 Å². The third-order valence-corrected chi connectivity index (χ3v) is 3.60. The van der Waals surface area contributed by atoms with E-state index in [-0.39, 0.29) is 5.56 Å². The lowest BCUT2D eigenvalue weighted by Crippen LogP contribution is -2.29. The summed E-state index contributed by atoms with van der Waals surface area (Å²) in [5, 5.41) is 4.36. The normalized spacial score (nSPS) is 11.4. The molecule has 96 valence electrons. The summed E-state index contributed by atoms with van der Waals surface area (Å²) in [5.41, 5.74) is 1.80. The first-order chi connectivity index (χ1) is 8.50. The number of pyridine rings is 1. The molecule has 3 nitrogen and oxygen atoms in total. The first kappa shape index (κ1) is 13.3. The van der Waals surface area contributed by atoms with Crippen LogP contribution in [0.3, 0.4) is 0 Å². The maximum absolute atomic E-state index is 12.2. The quantitative estimate of drug-likeness (QED) is 0.946. The Morgan fingerprint density at radius 1 is 1.39 bits per heavy atom. The Morgan fingerprint density at radius 2 is 2.11 bits per heavy atom. The van der Waals surface area contributed by atoms with E-state index in [1.54, 1.807) is 4.57 Å². The van der Waals surface area contributed by atoms with Gasteiger partial charge < -0.3 is 9.88 Å². The summed E-state index contributed by atoms with van der Waals surface area (Å²) in [5.74, 6) is 0. The molecular formula is C14H17BrN2O. The van der Waals surface area contributed by atoms with Crippen molar-refractivity contribution in [1.29, 1.82) is 0 Å². The van der Waals surface area contributed by atoms with Gasteiger partial charge in [-0.25, -0.2) is 0 Å². The standard InChI is InChI=1S/C14H17BrN2O/c1-9(2)16-8-11-7-10-5-4-6-12(15)13(10)17(3)14(11)18/h4-7,9,16H,8H2,1-3H3. The van der Waals surface area contributed by atoms with Gasteiger partial charge in [-0.1, -0.05) is 26.0 Å². The Balaban J connectivity index is 2.58. The van der Waals surface area contributed by atoms with Gasteiger partial charge in [0.1, 0.15) is 0 Å². The third-order valence-electron chi connectivity index (χ3n) is 2.96. The highest BCUT2D eigenvalue weighted by molar-refractivity contribution is 9.10. The molecule has 1 aromatic carbocycles. The molecular weight excluding hydrogens is 292 g/mol. The first-order valence-electron chi connectivity index (χ1n) is 6.01. The van der Waals surface area contributed by atoms with E-state index in [9.17, 15) is 4.79 Å². The van der Waals surface area contributed by atoms with Crippen molar-refractivity contribution in [2.24, 2.45) is 7.05 Å².